The first-order valence-corrected chi connectivity index (χ1v) is 13.3. The Bertz CT molecular complexity index is 1080. The Kier molecular flexibility index (Phi) is 5.62. The van der Waals surface area contributed by atoms with Crippen LogP contribution in [0.2, 0.25) is 0 Å². The second-order valence-corrected chi connectivity index (χ2v) is 11.2. The molecule has 4 heterocycles. The summed E-state index contributed by atoms with van der Waals surface area (Å²) >= 11 is 0. The van der Waals surface area contributed by atoms with Gasteiger partial charge in [0.25, 0.3) is 0 Å². The maximum absolute atomic E-state index is 12.1. The van der Waals surface area contributed by atoms with E-state index in [1.807, 2.05) is 36.5 Å². The average Bonchev–Trinajstić information content (AvgIpc) is 3.39. The molecule has 2 aromatic carbocycles. The van der Waals surface area contributed by atoms with Crippen LogP contribution in [0.3, 0.4) is 0 Å². The summed E-state index contributed by atoms with van der Waals surface area (Å²) in [5.41, 5.74) is 1.65. The molecule has 1 aliphatic carbocycles. The Morgan fingerprint density at radius 1 is 0.882 bits per heavy atom. The van der Waals surface area contributed by atoms with E-state index in [1.54, 1.807) is 0 Å². The molecular weight excluding hydrogens is 420 g/mol. The first-order valence-electron chi connectivity index (χ1n) is 13.3. The van der Waals surface area contributed by atoms with Crippen LogP contribution in [0.4, 0.5) is 0 Å². The molecule has 4 heteroatoms. The minimum atomic E-state index is -1.15. The van der Waals surface area contributed by atoms with Crippen molar-refractivity contribution >= 4 is 0 Å². The predicted molar refractivity (Wildman–Crippen MR) is 133 cm³/mol. The van der Waals surface area contributed by atoms with Crippen molar-refractivity contribution in [2.45, 2.75) is 68.9 Å². The Labute approximate surface area is 203 Å². The number of aliphatic hydroxyl groups is 1. The minimum absolute atomic E-state index is 0.152. The number of hydrogen-bond donors (Lipinski definition) is 1. The number of quaternary nitrogens is 1. The third-order valence-electron chi connectivity index (χ3n) is 9.36. The van der Waals surface area contributed by atoms with Crippen LogP contribution in [0.1, 0.15) is 74.1 Å². The molecule has 7 rings (SSSR count). The van der Waals surface area contributed by atoms with Gasteiger partial charge in [-0.1, -0.05) is 79.9 Å². The summed E-state index contributed by atoms with van der Waals surface area (Å²) in [6.07, 6.45) is 11.2. The molecule has 1 saturated carbocycles. The lowest BCUT2D eigenvalue weighted by Crippen LogP contribution is -2.62. The van der Waals surface area contributed by atoms with Crippen LogP contribution in [0.15, 0.2) is 71.3 Å². The largest absolute Gasteiger partial charge is 0.436 e. The average molecular weight is 458 g/mol. The highest BCUT2D eigenvalue weighted by molar-refractivity contribution is 5.30. The molecule has 0 radical (unpaired) electrons. The van der Waals surface area contributed by atoms with Crippen LogP contribution in [-0.2, 0) is 17.6 Å². The molecule has 4 aliphatic rings. The van der Waals surface area contributed by atoms with Crippen LogP contribution >= 0.6 is 0 Å². The highest BCUT2D eigenvalue weighted by Crippen LogP contribution is 2.47. The topological polar surface area (TPSA) is 46.3 Å². The van der Waals surface area contributed by atoms with Crippen LogP contribution in [0.5, 0.6) is 0 Å². The summed E-state index contributed by atoms with van der Waals surface area (Å²) in [6, 6.07) is 21.2. The Morgan fingerprint density at radius 3 is 2.15 bits per heavy atom. The number of fused-ring (bicyclic) bond motifs is 3. The van der Waals surface area contributed by atoms with Crippen molar-refractivity contribution in [3.05, 3.63) is 89.6 Å². The molecule has 4 nitrogen and oxygen atoms in total. The summed E-state index contributed by atoms with van der Waals surface area (Å²) in [5.74, 6) is 1.57. The van der Waals surface area contributed by atoms with Crippen molar-refractivity contribution in [1.29, 1.82) is 0 Å². The Morgan fingerprint density at radius 2 is 1.50 bits per heavy atom. The van der Waals surface area contributed by atoms with E-state index in [2.05, 4.69) is 30.3 Å². The molecule has 3 aliphatic heterocycles. The molecule has 1 N–H and O–H groups in total. The standard InChI is InChI=1S/C30H37N2O2/c33-30(25-12-6-2-7-13-25,26-14-8-3-9-15-26)28-31-22-27(34-28)23-32-19-16-29(17-20-32,18-21-32)24-10-4-1-5-11-24/h1-2,4-7,10-13,22,26,33H,3,8-9,14-21,23H2/q+1/t29?,30-,32?/m0/s1. The number of benzene rings is 2. The second kappa shape index (κ2) is 8.66. The van der Waals surface area contributed by atoms with E-state index in [-0.39, 0.29) is 5.92 Å². The van der Waals surface area contributed by atoms with Crippen molar-refractivity contribution in [3.63, 3.8) is 0 Å². The fraction of sp³-hybridized carbons (Fsp3) is 0.500. The number of hydrogen-bond acceptors (Lipinski definition) is 3. The van der Waals surface area contributed by atoms with Gasteiger partial charge in [0.1, 0.15) is 6.54 Å². The van der Waals surface area contributed by atoms with E-state index < -0.39 is 5.60 Å². The smallest absolute Gasteiger partial charge is 0.231 e. The van der Waals surface area contributed by atoms with Crippen LogP contribution in [0.25, 0.3) is 0 Å². The van der Waals surface area contributed by atoms with Crippen LogP contribution in [0, 0.1) is 5.92 Å². The van der Waals surface area contributed by atoms with Gasteiger partial charge in [-0.3, -0.25) is 0 Å². The molecule has 178 valence electrons. The van der Waals surface area contributed by atoms with Crippen LogP contribution in [-0.4, -0.2) is 34.2 Å². The maximum Gasteiger partial charge on any atom is 0.231 e. The van der Waals surface area contributed by atoms with Crippen molar-refractivity contribution in [2.24, 2.45) is 5.92 Å². The third-order valence-corrected chi connectivity index (χ3v) is 9.36. The van der Waals surface area contributed by atoms with Gasteiger partial charge in [-0.05, 0) is 24.0 Å². The monoisotopic (exact) mass is 457 g/mol. The van der Waals surface area contributed by atoms with E-state index in [0.29, 0.717) is 11.3 Å². The molecular formula is C30H37N2O2+. The number of nitrogens with zero attached hydrogens (tertiary/aromatic N) is 2. The van der Waals surface area contributed by atoms with Crippen molar-refractivity contribution in [2.75, 3.05) is 19.6 Å². The number of aromatic nitrogens is 1. The van der Waals surface area contributed by atoms with Gasteiger partial charge in [0.15, 0.2) is 11.4 Å². The molecule has 3 saturated heterocycles. The summed E-state index contributed by atoms with van der Waals surface area (Å²) in [4.78, 5) is 4.72. The first kappa shape index (κ1) is 22.1. The van der Waals surface area contributed by atoms with E-state index >= 15 is 0 Å². The quantitative estimate of drug-likeness (QED) is 0.466. The molecule has 2 bridgehead atoms. The molecule has 34 heavy (non-hydrogen) atoms. The van der Waals surface area contributed by atoms with Gasteiger partial charge in [-0.15, -0.1) is 0 Å². The fourth-order valence-corrected chi connectivity index (χ4v) is 7.16. The summed E-state index contributed by atoms with van der Waals surface area (Å²) in [5, 5.41) is 12.1. The number of oxazole rings is 1. The third kappa shape index (κ3) is 3.72. The van der Waals surface area contributed by atoms with Crippen molar-refractivity contribution < 1.29 is 14.0 Å². The van der Waals surface area contributed by atoms with E-state index in [0.717, 1.165) is 48.0 Å². The molecule has 4 fully saturated rings. The zero-order valence-corrected chi connectivity index (χ0v) is 20.2. The molecule has 0 spiro atoms. The van der Waals surface area contributed by atoms with E-state index in [4.69, 9.17) is 9.40 Å². The molecule has 0 unspecified atom stereocenters. The highest BCUT2D eigenvalue weighted by Gasteiger charge is 2.50. The zero-order chi connectivity index (χ0) is 23.1. The van der Waals surface area contributed by atoms with Gasteiger partial charge in [-0.25, -0.2) is 4.98 Å². The summed E-state index contributed by atoms with van der Waals surface area (Å²) in [7, 11) is 0. The Balaban J connectivity index is 1.23. The minimum Gasteiger partial charge on any atom is -0.436 e. The fourth-order valence-electron chi connectivity index (χ4n) is 7.16. The van der Waals surface area contributed by atoms with Gasteiger partial charge < -0.3 is 14.0 Å². The molecule has 3 aromatic rings. The van der Waals surface area contributed by atoms with Gasteiger partial charge in [0, 0.05) is 30.6 Å². The lowest BCUT2D eigenvalue weighted by molar-refractivity contribution is -0.956. The summed E-state index contributed by atoms with van der Waals surface area (Å²) < 4.78 is 7.53. The van der Waals surface area contributed by atoms with Crippen molar-refractivity contribution in [3.8, 4) is 0 Å². The highest BCUT2D eigenvalue weighted by atomic mass is 16.4. The molecule has 0 amide bonds. The first-order chi connectivity index (χ1) is 16.6. The van der Waals surface area contributed by atoms with Gasteiger partial charge >= 0.3 is 0 Å². The van der Waals surface area contributed by atoms with Crippen molar-refractivity contribution in [1.82, 2.24) is 4.98 Å². The van der Waals surface area contributed by atoms with Crippen LogP contribution < -0.4 is 0 Å². The van der Waals surface area contributed by atoms with E-state index in [1.165, 1.54) is 50.9 Å². The SMILES string of the molecule is O[C@](c1ccccc1)(c1ncc(C[N+]23CCC(c4ccccc4)(CC2)CC3)o1)C1CCCCC1. The number of rotatable bonds is 6. The lowest BCUT2D eigenvalue weighted by Gasteiger charge is -2.54. The zero-order valence-electron chi connectivity index (χ0n) is 20.2. The van der Waals surface area contributed by atoms with Gasteiger partial charge in [0.2, 0.25) is 5.89 Å². The lowest BCUT2D eigenvalue weighted by atomic mass is 9.66. The maximum atomic E-state index is 12.1. The normalized spacial score (nSPS) is 29.1. The van der Waals surface area contributed by atoms with Gasteiger partial charge in [-0.2, -0.15) is 0 Å². The molecule has 1 aromatic heterocycles. The molecule has 1 atom stereocenters. The van der Waals surface area contributed by atoms with Gasteiger partial charge in [0.05, 0.1) is 25.8 Å². The Hall–Kier alpha value is -2.43. The second-order valence-electron chi connectivity index (χ2n) is 11.2. The number of piperidine rings is 3. The summed E-state index contributed by atoms with van der Waals surface area (Å²) in [6.45, 7) is 4.46. The van der Waals surface area contributed by atoms with E-state index in [9.17, 15) is 5.11 Å². The predicted octanol–water partition coefficient (Wildman–Crippen LogP) is 5.94.